The van der Waals surface area contributed by atoms with Gasteiger partial charge in [-0.3, -0.25) is 19.6 Å². The molecule has 226 valence electrons. The topological polar surface area (TPSA) is 152 Å². The summed E-state index contributed by atoms with van der Waals surface area (Å²) in [6.45, 7) is 5.57. The Kier molecular flexibility index (Phi) is 10.8. The van der Waals surface area contributed by atoms with Crippen molar-refractivity contribution < 1.29 is 14.3 Å². The van der Waals surface area contributed by atoms with E-state index < -0.39 is 11.2 Å². The molecule has 3 amide bonds. The minimum Gasteiger partial charge on any atom is -0.496 e. The molecule has 13 heteroatoms. The largest absolute Gasteiger partial charge is 0.496 e. The zero-order valence-corrected chi connectivity index (χ0v) is 25.2. The maximum absolute atomic E-state index is 12.9. The average Bonchev–Trinajstić information content (AvgIpc) is 2.93. The highest BCUT2D eigenvalue weighted by atomic mass is 35.5. The predicted octanol–water partition coefficient (Wildman–Crippen LogP) is 1.78. The second-order valence-electron chi connectivity index (χ2n) is 11.4. The van der Waals surface area contributed by atoms with Crippen LogP contribution >= 0.6 is 12.4 Å². The normalized spacial score (nSPS) is 19.5. The maximum Gasteiger partial charge on any atom is 0.354 e. The van der Waals surface area contributed by atoms with Crippen molar-refractivity contribution in [1.82, 2.24) is 24.3 Å². The third-order valence-electron chi connectivity index (χ3n) is 7.78. The molecule has 5 N–H and O–H groups in total. The van der Waals surface area contributed by atoms with Crippen LogP contribution in [0, 0.1) is 0 Å². The van der Waals surface area contributed by atoms with Gasteiger partial charge in [0.25, 0.3) is 0 Å². The van der Waals surface area contributed by atoms with Crippen LogP contribution < -0.4 is 27.2 Å². The van der Waals surface area contributed by atoms with E-state index in [4.69, 9.17) is 16.2 Å². The van der Waals surface area contributed by atoms with Crippen molar-refractivity contribution in [2.75, 3.05) is 45.7 Å². The fourth-order valence-corrected chi connectivity index (χ4v) is 5.33. The first-order chi connectivity index (χ1) is 19.0. The summed E-state index contributed by atoms with van der Waals surface area (Å²) < 4.78 is 7.07. The Hall–Kier alpha value is -3.19. The van der Waals surface area contributed by atoms with Crippen LogP contribution in [0.25, 0.3) is 5.69 Å². The van der Waals surface area contributed by atoms with E-state index >= 15 is 0 Å². The van der Waals surface area contributed by atoms with Gasteiger partial charge in [-0.25, -0.2) is 9.59 Å². The van der Waals surface area contributed by atoms with Gasteiger partial charge in [-0.1, -0.05) is 6.07 Å². The Morgan fingerprint density at radius 2 is 1.73 bits per heavy atom. The first kappa shape index (κ1) is 32.3. The molecule has 0 unspecified atom stereocenters. The van der Waals surface area contributed by atoms with Crippen molar-refractivity contribution >= 4 is 30.2 Å². The third kappa shape index (κ3) is 7.97. The number of amides is 3. The number of hydrogen-bond donors (Lipinski definition) is 3. The summed E-state index contributed by atoms with van der Waals surface area (Å²) in [7, 11) is 3.74. The number of carbonyl (C=O) groups excluding carboxylic acids is 2. The Morgan fingerprint density at radius 3 is 2.32 bits per heavy atom. The van der Waals surface area contributed by atoms with Crippen LogP contribution in [0.2, 0.25) is 0 Å². The number of halogens is 1. The Morgan fingerprint density at radius 1 is 1.10 bits per heavy atom. The average molecular weight is 591 g/mol. The van der Waals surface area contributed by atoms with Crippen LogP contribution in [0.5, 0.6) is 5.75 Å². The van der Waals surface area contributed by atoms with Crippen molar-refractivity contribution in [3.63, 3.8) is 0 Å². The minimum absolute atomic E-state index is 0. The first-order valence-corrected chi connectivity index (χ1v) is 13.8. The number of nitrogens with two attached hydrogens (primary N) is 2. The third-order valence-corrected chi connectivity index (χ3v) is 7.78. The van der Waals surface area contributed by atoms with Gasteiger partial charge in [-0.05, 0) is 58.7 Å². The number of piperazine rings is 1. The van der Waals surface area contributed by atoms with Gasteiger partial charge in [0, 0.05) is 62.6 Å². The summed E-state index contributed by atoms with van der Waals surface area (Å²) >= 11 is 0. The highest BCUT2D eigenvalue weighted by molar-refractivity contribution is 5.89. The van der Waals surface area contributed by atoms with Crippen LogP contribution in [0.15, 0.2) is 35.3 Å². The Balaban J connectivity index is 0.00000462. The standard InChI is InChI=1S/C28H42N8O4.ClH/c1-28(2,30)25(37)34-13-15-35(16-14-34)26(38)31-24-11-12-36(27(39)32-24)22-8-5-19(23(17-22)40-4)18-33(3)21-9-6-20(29)7-10-21;/h5,8,11-12,17,20-21H,6-7,9-10,13-16,18,29-30H2,1-4H3,(H,31,32,38,39);1H/t20-,21-;. The molecule has 0 spiro atoms. The molecule has 1 saturated heterocycles. The van der Waals surface area contributed by atoms with Crippen LogP contribution in [0.3, 0.4) is 0 Å². The Labute approximate surface area is 247 Å². The molecule has 1 aromatic carbocycles. The molecule has 1 aliphatic carbocycles. The zero-order chi connectivity index (χ0) is 29.0. The number of nitrogens with one attached hydrogen (secondary N) is 1. The number of methoxy groups -OCH3 is 1. The van der Waals surface area contributed by atoms with Gasteiger partial charge in [0.05, 0.1) is 18.3 Å². The number of nitrogens with zero attached hydrogens (tertiary/aromatic N) is 5. The molecule has 0 atom stereocenters. The van der Waals surface area contributed by atoms with Crippen LogP contribution in [0.1, 0.15) is 45.1 Å². The predicted molar refractivity (Wildman–Crippen MR) is 161 cm³/mol. The van der Waals surface area contributed by atoms with Crippen LogP contribution in [0.4, 0.5) is 10.6 Å². The molecule has 4 rings (SSSR count). The highest BCUT2D eigenvalue weighted by Crippen LogP contribution is 2.27. The number of rotatable bonds is 7. The van der Waals surface area contributed by atoms with Crippen LogP contribution in [-0.4, -0.2) is 94.1 Å². The lowest BCUT2D eigenvalue weighted by Gasteiger charge is -2.37. The van der Waals surface area contributed by atoms with Gasteiger partial charge in [-0.15, -0.1) is 12.4 Å². The molecule has 0 bridgehead atoms. The number of carbonyl (C=O) groups is 2. The number of hydrogen-bond acceptors (Lipinski definition) is 8. The first-order valence-electron chi connectivity index (χ1n) is 13.8. The molecule has 1 aromatic heterocycles. The molecular formula is C28H43ClN8O4. The lowest BCUT2D eigenvalue weighted by molar-refractivity contribution is -0.137. The molecule has 0 radical (unpaired) electrons. The van der Waals surface area contributed by atoms with E-state index in [0.29, 0.717) is 49.7 Å². The van der Waals surface area contributed by atoms with Gasteiger partial charge in [-0.2, -0.15) is 4.98 Å². The highest BCUT2D eigenvalue weighted by Gasteiger charge is 2.31. The molecule has 1 aliphatic heterocycles. The zero-order valence-electron chi connectivity index (χ0n) is 24.3. The smallest absolute Gasteiger partial charge is 0.354 e. The summed E-state index contributed by atoms with van der Waals surface area (Å²) in [5.41, 5.74) is 12.1. The summed E-state index contributed by atoms with van der Waals surface area (Å²) in [6.07, 6.45) is 5.84. The van der Waals surface area contributed by atoms with E-state index in [1.165, 1.54) is 4.57 Å². The lowest BCUT2D eigenvalue weighted by atomic mass is 9.91. The van der Waals surface area contributed by atoms with Crippen molar-refractivity contribution in [2.45, 2.75) is 63.7 Å². The molecule has 2 aromatic rings. The van der Waals surface area contributed by atoms with E-state index in [1.807, 2.05) is 18.2 Å². The van der Waals surface area contributed by atoms with Gasteiger partial charge in [0.15, 0.2) is 0 Å². The molecule has 2 heterocycles. The van der Waals surface area contributed by atoms with Crippen molar-refractivity contribution in [1.29, 1.82) is 0 Å². The SMILES string of the molecule is COc1cc(-n2ccc(NC(=O)N3CCN(C(=O)C(C)(C)N)CC3)nc2=O)ccc1CN(C)[C@H]1CC[C@H](N)CC1.Cl. The van der Waals surface area contributed by atoms with Crippen LogP contribution in [-0.2, 0) is 11.3 Å². The van der Waals surface area contributed by atoms with Gasteiger partial charge in [0.2, 0.25) is 5.91 Å². The molecule has 41 heavy (non-hydrogen) atoms. The summed E-state index contributed by atoms with van der Waals surface area (Å²) in [5.74, 6) is 0.700. The fourth-order valence-electron chi connectivity index (χ4n) is 5.33. The lowest BCUT2D eigenvalue weighted by Crippen LogP contribution is -2.58. The van der Waals surface area contributed by atoms with E-state index in [1.54, 1.807) is 43.0 Å². The number of ether oxygens (including phenoxy) is 1. The van der Waals surface area contributed by atoms with E-state index in [-0.39, 0.29) is 30.2 Å². The number of anilines is 1. The van der Waals surface area contributed by atoms with Gasteiger partial charge >= 0.3 is 11.7 Å². The monoisotopic (exact) mass is 590 g/mol. The fraction of sp³-hybridized carbons (Fsp3) is 0.571. The van der Waals surface area contributed by atoms with Crippen molar-refractivity contribution in [3.05, 3.63) is 46.5 Å². The molecule has 12 nitrogen and oxygen atoms in total. The molecule has 2 fully saturated rings. The second-order valence-corrected chi connectivity index (χ2v) is 11.4. The van der Waals surface area contributed by atoms with Gasteiger partial charge < -0.3 is 26.0 Å². The molecular weight excluding hydrogens is 548 g/mol. The van der Waals surface area contributed by atoms with E-state index in [2.05, 4.69) is 22.2 Å². The summed E-state index contributed by atoms with van der Waals surface area (Å²) in [5, 5.41) is 2.69. The number of aromatic nitrogens is 2. The van der Waals surface area contributed by atoms with Gasteiger partial charge in [0.1, 0.15) is 11.6 Å². The van der Waals surface area contributed by atoms with Crippen molar-refractivity contribution in [3.8, 4) is 11.4 Å². The minimum atomic E-state index is -0.955. The quantitative estimate of drug-likeness (QED) is 0.441. The molecule has 2 aliphatic rings. The Bertz CT molecular complexity index is 1260. The summed E-state index contributed by atoms with van der Waals surface area (Å²) in [6, 6.07) is 7.66. The second kappa shape index (κ2) is 13.6. The van der Waals surface area contributed by atoms with Crippen molar-refractivity contribution in [2.24, 2.45) is 11.5 Å². The molecule has 1 saturated carbocycles. The maximum atomic E-state index is 12.9. The summed E-state index contributed by atoms with van der Waals surface area (Å²) in [4.78, 5) is 47.7. The van der Waals surface area contributed by atoms with E-state index in [0.717, 1.165) is 37.8 Å². The number of benzene rings is 1. The van der Waals surface area contributed by atoms with E-state index in [9.17, 15) is 14.4 Å². The number of urea groups is 1.